The van der Waals surface area contributed by atoms with E-state index in [9.17, 15) is 24.6 Å². The maximum Gasteiger partial charge on any atom is 0.326 e. The first-order valence-electron chi connectivity index (χ1n) is 8.41. The van der Waals surface area contributed by atoms with Crippen LogP contribution in [0, 0.1) is 5.92 Å². The Bertz CT molecular complexity index is 604. The van der Waals surface area contributed by atoms with Gasteiger partial charge in [-0.3, -0.25) is 9.59 Å². The van der Waals surface area contributed by atoms with Crippen molar-refractivity contribution in [1.29, 1.82) is 0 Å². The highest BCUT2D eigenvalue weighted by atomic mass is 16.4. The van der Waals surface area contributed by atoms with Gasteiger partial charge in [0.2, 0.25) is 11.8 Å². The van der Waals surface area contributed by atoms with Crippen LogP contribution in [0.15, 0.2) is 12.5 Å². The number of imidazole rings is 1. The standard InChI is InChI=1S/C16H27N5O5/c1-4-8(2)12(17)14(23)21-13(9(3)22)15(24)20-11(16(25)26)5-10-6-18-7-19-10/h6-9,11-13,22H,4-5,17H2,1-3H3,(H,18,19)(H,20,24)(H,21,23)(H,25,26)/t8-,9+,11-,12-,13-/m0/s1. The van der Waals surface area contributed by atoms with Crippen molar-refractivity contribution in [3.8, 4) is 0 Å². The summed E-state index contributed by atoms with van der Waals surface area (Å²) >= 11 is 0. The Morgan fingerprint density at radius 3 is 2.38 bits per heavy atom. The highest BCUT2D eigenvalue weighted by Gasteiger charge is 2.32. The van der Waals surface area contributed by atoms with E-state index in [-0.39, 0.29) is 12.3 Å². The molecule has 146 valence electrons. The van der Waals surface area contributed by atoms with Crippen LogP contribution in [0.3, 0.4) is 0 Å². The molecule has 0 bridgehead atoms. The number of carbonyl (C=O) groups is 3. The largest absolute Gasteiger partial charge is 0.480 e. The summed E-state index contributed by atoms with van der Waals surface area (Å²) in [5.74, 6) is -2.75. The number of carboxylic acid groups (broad SMARTS) is 1. The van der Waals surface area contributed by atoms with Crippen LogP contribution in [0.25, 0.3) is 0 Å². The number of hydrogen-bond acceptors (Lipinski definition) is 6. The van der Waals surface area contributed by atoms with Crippen LogP contribution in [0.1, 0.15) is 32.9 Å². The molecule has 0 aliphatic carbocycles. The van der Waals surface area contributed by atoms with Crippen molar-refractivity contribution in [1.82, 2.24) is 20.6 Å². The van der Waals surface area contributed by atoms with Crippen molar-refractivity contribution < 1.29 is 24.6 Å². The molecule has 5 atom stereocenters. The van der Waals surface area contributed by atoms with E-state index in [2.05, 4.69) is 20.6 Å². The minimum atomic E-state index is -1.32. The lowest BCUT2D eigenvalue weighted by Gasteiger charge is -2.26. The average Bonchev–Trinajstić information content (AvgIpc) is 3.09. The first-order valence-corrected chi connectivity index (χ1v) is 8.41. The molecular weight excluding hydrogens is 342 g/mol. The van der Waals surface area contributed by atoms with E-state index in [0.717, 1.165) is 0 Å². The predicted molar refractivity (Wildman–Crippen MR) is 92.9 cm³/mol. The zero-order chi connectivity index (χ0) is 19.9. The molecule has 2 amide bonds. The van der Waals surface area contributed by atoms with Crippen LogP contribution in [0.2, 0.25) is 0 Å². The van der Waals surface area contributed by atoms with E-state index in [4.69, 9.17) is 5.73 Å². The fourth-order valence-corrected chi connectivity index (χ4v) is 2.24. The second kappa shape index (κ2) is 9.88. The van der Waals surface area contributed by atoms with Crippen molar-refractivity contribution in [3.05, 3.63) is 18.2 Å². The third kappa shape index (κ3) is 6.12. The lowest BCUT2D eigenvalue weighted by atomic mass is 9.98. The molecule has 0 aliphatic rings. The monoisotopic (exact) mass is 369 g/mol. The predicted octanol–water partition coefficient (Wildman–Crippen LogP) is -1.24. The Balaban J connectivity index is 2.79. The number of amides is 2. The summed E-state index contributed by atoms with van der Waals surface area (Å²) < 4.78 is 0. The number of hydrogen-bond donors (Lipinski definition) is 6. The van der Waals surface area contributed by atoms with Crippen LogP contribution in [-0.4, -0.2) is 62.2 Å². The van der Waals surface area contributed by atoms with Gasteiger partial charge in [0.25, 0.3) is 0 Å². The van der Waals surface area contributed by atoms with Gasteiger partial charge in [-0.2, -0.15) is 0 Å². The summed E-state index contributed by atoms with van der Waals surface area (Å²) in [4.78, 5) is 42.5. The summed E-state index contributed by atoms with van der Waals surface area (Å²) in [7, 11) is 0. The molecule has 7 N–H and O–H groups in total. The minimum absolute atomic E-state index is 0.0199. The maximum absolute atomic E-state index is 12.4. The molecule has 1 aromatic rings. The maximum atomic E-state index is 12.4. The van der Waals surface area contributed by atoms with Gasteiger partial charge in [0.15, 0.2) is 0 Å². The number of aliphatic hydroxyl groups is 1. The van der Waals surface area contributed by atoms with Gasteiger partial charge >= 0.3 is 5.97 Å². The Morgan fingerprint density at radius 2 is 1.92 bits per heavy atom. The van der Waals surface area contributed by atoms with Gasteiger partial charge in [-0.05, 0) is 12.8 Å². The van der Waals surface area contributed by atoms with Gasteiger partial charge in [0.1, 0.15) is 12.1 Å². The number of aromatic nitrogens is 2. The Hall–Kier alpha value is -2.46. The van der Waals surface area contributed by atoms with E-state index in [1.165, 1.54) is 19.4 Å². The van der Waals surface area contributed by atoms with Gasteiger partial charge in [-0.15, -0.1) is 0 Å². The quantitative estimate of drug-likeness (QED) is 0.299. The van der Waals surface area contributed by atoms with Crippen molar-refractivity contribution in [2.75, 3.05) is 0 Å². The summed E-state index contributed by atoms with van der Waals surface area (Å²) in [6.07, 6.45) is 2.26. The SMILES string of the molecule is CC[C@H](C)[C@H](N)C(=O)N[C@H](C(=O)N[C@@H](Cc1cnc[nH]1)C(=O)O)[C@@H](C)O. The number of H-pyrrole nitrogens is 1. The number of carbonyl (C=O) groups excluding carboxylic acids is 2. The number of nitrogens with one attached hydrogen (secondary N) is 3. The molecule has 1 aromatic heterocycles. The fourth-order valence-electron chi connectivity index (χ4n) is 2.24. The van der Waals surface area contributed by atoms with Crippen molar-refractivity contribution in [3.63, 3.8) is 0 Å². The molecule has 0 aromatic carbocycles. The van der Waals surface area contributed by atoms with E-state index < -0.39 is 42.0 Å². The molecule has 1 heterocycles. The minimum Gasteiger partial charge on any atom is -0.480 e. The van der Waals surface area contributed by atoms with Crippen molar-refractivity contribution in [2.45, 2.75) is 57.8 Å². The third-order valence-electron chi connectivity index (χ3n) is 4.22. The van der Waals surface area contributed by atoms with E-state index in [1.807, 2.05) is 6.92 Å². The van der Waals surface area contributed by atoms with Gasteiger partial charge in [-0.25, -0.2) is 9.78 Å². The summed E-state index contributed by atoms with van der Waals surface area (Å²) in [6, 6.07) is -3.40. The molecule has 0 fully saturated rings. The fraction of sp³-hybridized carbons (Fsp3) is 0.625. The Kier molecular flexibility index (Phi) is 8.20. The zero-order valence-electron chi connectivity index (χ0n) is 15.1. The first kappa shape index (κ1) is 21.6. The highest BCUT2D eigenvalue weighted by Crippen LogP contribution is 2.07. The average molecular weight is 369 g/mol. The van der Waals surface area contributed by atoms with Crippen molar-refractivity contribution >= 4 is 17.8 Å². The third-order valence-corrected chi connectivity index (χ3v) is 4.22. The number of aromatic amines is 1. The van der Waals surface area contributed by atoms with Gasteiger partial charge < -0.3 is 31.6 Å². The van der Waals surface area contributed by atoms with E-state index in [1.54, 1.807) is 6.92 Å². The smallest absolute Gasteiger partial charge is 0.326 e. The number of rotatable bonds is 10. The topological polar surface area (TPSA) is 170 Å². The van der Waals surface area contributed by atoms with Crippen molar-refractivity contribution in [2.24, 2.45) is 11.7 Å². The second-order valence-electron chi connectivity index (χ2n) is 6.32. The number of nitrogens with two attached hydrogens (primary N) is 1. The molecule has 26 heavy (non-hydrogen) atoms. The number of carboxylic acids is 1. The zero-order valence-corrected chi connectivity index (χ0v) is 15.1. The molecule has 0 aliphatic heterocycles. The first-order chi connectivity index (χ1) is 12.2. The van der Waals surface area contributed by atoms with Crippen LogP contribution < -0.4 is 16.4 Å². The molecule has 0 spiro atoms. The lowest BCUT2D eigenvalue weighted by Crippen LogP contribution is -2.59. The Labute approximate surface area is 151 Å². The summed E-state index contributed by atoms with van der Waals surface area (Å²) in [6.45, 7) is 5.00. The molecule has 0 saturated carbocycles. The molecule has 10 heteroatoms. The molecule has 0 saturated heterocycles. The van der Waals surface area contributed by atoms with Crippen LogP contribution in [-0.2, 0) is 20.8 Å². The van der Waals surface area contributed by atoms with Crippen LogP contribution in [0.5, 0.6) is 0 Å². The lowest BCUT2D eigenvalue weighted by molar-refractivity contribution is -0.143. The van der Waals surface area contributed by atoms with E-state index in [0.29, 0.717) is 12.1 Å². The molecule has 0 unspecified atom stereocenters. The Morgan fingerprint density at radius 1 is 1.27 bits per heavy atom. The molecule has 0 radical (unpaired) electrons. The second-order valence-corrected chi connectivity index (χ2v) is 6.32. The molecule has 10 nitrogen and oxygen atoms in total. The van der Waals surface area contributed by atoms with Crippen LogP contribution >= 0.6 is 0 Å². The summed E-state index contributed by atoms with van der Waals surface area (Å²) in [5, 5.41) is 23.9. The van der Waals surface area contributed by atoms with Gasteiger partial charge in [0.05, 0.1) is 18.5 Å². The number of nitrogens with zero attached hydrogens (tertiary/aromatic N) is 1. The normalized spacial score (nSPS) is 16.8. The molecular formula is C16H27N5O5. The number of aliphatic carboxylic acids is 1. The number of aliphatic hydroxyl groups excluding tert-OH is 1. The summed E-state index contributed by atoms with van der Waals surface area (Å²) in [5.41, 5.74) is 6.35. The van der Waals surface area contributed by atoms with Gasteiger partial charge in [-0.1, -0.05) is 20.3 Å². The van der Waals surface area contributed by atoms with Gasteiger partial charge in [0, 0.05) is 18.3 Å². The highest BCUT2D eigenvalue weighted by molar-refractivity contribution is 5.92. The molecule has 1 rings (SSSR count). The van der Waals surface area contributed by atoms with E-state index >= 15 is 0 Å². The van der Waals surface area contributed by atoms with Crippen LogP contribution in [0.4, 0.5) is 0 Å².